The molecule has 3 N–H and O–H groups in total. The maximum absolute atomic E-state index is 13.0. The number of ether oxygens (including phenoxy) is 1. The summed E-state index contributed by atoms with van der Waals surface area (Å²) < 4.78 is 5.37. The Morgan fingerprint density at radius 1 is 0.966 bits per heavy atom. The largest absolute Gasteiger partial charge is 0.388 e. The molecule has 0 saturated carbocycles. The summed E-state index contributed by atoms with van der Waals surface area (Å²) in [5.41, 5.74) is 1.65. The number of rotatable bonds is 1. The first-order valence-electron chi connectivity index (χ1n) is 10.0. The molecule has 0 spiro atoms. The van der Waals surface area contributed by atoms with Crippen molar-refractivity contribution < 1.29 is 29.6 Å². The summed E-state index contributed by atoms with van der Waals surface area (Å²) in [6.07, 6.45) is -2.59. The summed E-state index contributed by atoms with van der Waals surface area (Å²) in [5, 5.41) is 30.3. The van der Waals surface area contributed by atoms with Gasteiger partial charge in [0.25, 0.3) is 5.91 Å². The normalized spacial score (nSPS) is 25.3. The third-order valence-electron chi connectivity index (χ3n) is 5.12. The standard InChI is InChI=1S/C21H32N2O6/c1-15-5-7-17(8-6-15)21(28)22-9-3-4-12-29-14-19(26)20(27)18(25)13-23(11-10-22)16(2)24/h5-8,18-20,25-27H,3-4,9-14H2,1-2H3/t18-,19+,20+/m0/s1. The molecule has 1 saturated heterocycles. The molecule has 1 fully saturated rings. The molecule has 0 unspecified atom stereocenters. The number of carbonyl (C=O) groups is 2. The van der Waals surface area contributed by atoms with E-state index in [9.17, 15) is 24.9 Å². The number of aliphatic hydroxyl groups is 3. The second-order valence-electron chi connectivity index (χ2n) is 7.53. The number of aliphatic hydroxyl groups excluding tert-OH is 3. The van der Waals surface area contributed by atoms with Crippen molar-refractivity contribution in [1.29, 1.82) is 0 Å². The topological polar surface area (TPSA) is 111 Å². The van der Waals surface area contributed by atoms with Crippen LogP contribution in [0.3, 0.4) is 0 Å². The first-order chi connectivity index (χ1) is 13.8. The van der Waals surface area contributed by atoms with Crippen LogP contribution in [-0.2, 0) is 9.53 Å². The van der Waals surface area contributed by atoms with E-state index >= 15 is 0 Å². The molecule has 0 aromatic heterocycles. The maximum atomic E-state index is 13.0. The summed E-state index contributed by atoms with van der Waals surface area (Å²) >= 11 is 0. The average molecular weight is 408 g/mol. The van der Waals surface area contributed by atoms with Crippen LogP contribution in [0.5, 0.6) is 0 Å². The van der Waals surface area contributed by atoms with Crippen LogP contribution < -0.4 is 0 Å². The number of hydrogen-bond donors (Lipinski definition) is 3. The van der Waals surface area contributed by atoms with Crippen LogP contribution in [0.1, 0.15) is 35.7 Å². The summed E-state index contributed by atoms with van der Waals surface area (Å²) in [7, 11) is 0. The van der Waals surface area contributed by atoms with Gasteiger partial charge >= 0.3 is 0 Å². The number of benzene rings is 1. The molecule has 0 aliphatic carbocycles. The minimum absolute atomic E-state index is 0.107. The maximum Gasteiger partial charge on any atom is 0.253 e. The number of aryl methyl sites for hydroxylation is 1. The SMILES string of the molecule is CC(=O)N1CCN(C(=O)c2ccc(C)cc2)CCCCOC[C@@H](O)[C@H](O)[C@@H](O)C1. The molecule has 8 nitrogen and oxygen atoms in total. The zero-order chi connectivity index (χ0) is 21.4. The third-order valence-corrected chi connectivity index (χ3v) is 5.12. The number of nitrogens with zero attached hydrogens (tertiary/aromatic N) is 2. The van der Waals surface area contributed by atoms with Gasteiger partial charge in [-0.2, -0.15) is 0 Å². The molecular formula is C21H32N2O6. The molecule has 1 aromatic carbocycles. The molecule has 0 radical (unpaired) electrons. The van der Waals surface area contributed by atoms with E-state index in [0.717, 1.165) is 5.56 Å². The fourth-order valence-corrected chi connectivity index (χ4v) is 3.21. The van der Waals surface area contributed by atoms with E-state index in [0.29, 0.717) is 38.1 Å². The Kier molecular flexibility index (Phi) is 9.03. The Morgan fingerprint density at radius 2 is 1.62 bits per heavy atom. The molecule has 1 aromatic rings. The van der Waals surface area contributed by atoms with Crippen molar-refractivity contribution >= 4 is 11.8 Å². The highest BCUT2D eigenvalue weighted by Crippen LogP contribution is 2.11. The van der Waals surface area contributed by atoms with Crippen molar-refractivity contribution in [2.75, 3.05) is 39.4 Å². The van der Waals surface area contributed by atoms with Crippen LogP contribution in [0.15, 0.2) is 24.3 Å². The molecule has 1 aliphatic rings. The molecule has 1 heterocycles. The van der Waals surface area contributed by atoms with Gasteiger partial charge in [-0.1, -0.05) is 17.7 Å². The fraction of sp³-hybridized carbons (Fsp3) is 0.619. The van der Waals surface area contributed by atoms with Gasteiger partial charge in [0.05, 0.1) is 6.61 Å². The minimum Gasteiger partial charge on any atom is -0.388 e. The molecule has 162 valence electrons. The Hall–Kier alpha value is -2.00. The lowest BCUT2D eigenvalue weighted by Crippen LogP contribution is -2.49. The Balaban J connectivity index is 2.14. The van der Waals surface area contributed by atoms with Crippen LogP contribution >= 0.6 is 0 Å². The van der Waals surface area contributed by atoms with E-state index in [-0.39, 0.29) is 31.5 Å². The van der Waals surface area contributed by atoms with Crippen LogP contribution in [-0.4, -0.2) is 94.6 Å². The smallest absolute Gasteiger partial charge is 0.253 e. The lowest BCUT2D eigenvalue weighted by molar-refractivity contribution is -0.134. The van der Waals surface area contributed by atoms with Crippen LogP contribution in [0.2, 0.25) is 0 Å². The molecule has 2 rings (SSSR count). The average Bonchev–Trinajstić information content (AvgIpc) is 2.69. The third kappa shape index (κ3) is 7.08. The van der Waals surface area contributed by atoms with Crippen molar-refractivity contribution in [3.8, 4) is 0 Å². The van der Waals surface area contributed by atoms with E-state index in [1.165, 1.54) is 11.8 Å². The predicted octanol–water partition coefficient (Wildman–Crippen LogP) is 0.179. The second kappa shape index (κ2) is 11.3. The second-order valence-corrected chi connectivity index (χ2v) is 7.53. The van der Waals surface area contributed by atoms with Crippen molar-refractivity contribution in [1.82, 2.24) is 9.80 Å². The summed E-state index contributed by atoms with van der Waals surface area (Å²) in [4.78, 5) is 28.0. The highest BCUT2D eigenvalue weighted by Gasteiger charge is 2.28. The van der Waals surface area contributed by atoms with E-state index in [2.05, 4.69) is 0 Å². The van der Waals surface area contributed by atoms with Gasteiger partial charge in [0.2, 0.25) is 5.91 Å². The van der Waals surface area contributed by atoms with Crippen molar-refractivity contribution in [3.05, 3.63) is 35.4 Å². The van der Waals surface area contributed by atoms with Gasteiger partial charge in [0.1, 0.15) is 18.3 Å². The van der Waals surface area contributed by atoms with Gasteiger partial charge in [-0.25, -0.2) is 0 Å². The fourth-order valence-electron chi connectivity index (χ4n) is 3.21. The van der Waals surface area contributed by atoms with Gasteiger partial charge in [-0.15, -0.1) is 0 Å². The first kappa shape index (κ1) is 23.3. The summed E-state index contributed by atoms with van der Waals surface area (Å²) in [6, 6.07) is 7.35. The first-order valence-corrected chi connectivity index (χ1v) is 10.0. The van der Waals surface area contributed by atoms with Crippen molar-refractivity contribution in [2.45, 2.75) is 45.0 Å². The van der Waals surface area contributed by atoms with Crippen LogP contribution in [0, 0.1) is 6.92 Å². The molecule has 2 amide bonds. The van der Waals surface area contributed by atoms with E-state index in [1.807, 2.05) is 19.1 Å². The van der Waals surface area contributed by atoms with Crippen LogP contribution in [0.4, 0.5) is 0 Å². The lowest BCUT2D eigenvalue weighted by atomic mass is 10.1. The van der Waals surface area contributed by atoms with Gasteiger partial charge < -0.3 is 29.9 Å². The summed E-state index contributed by atoms with van der Waals surface area (Å²) in [5.74, 6) is -0.394. The Bertz CT molecular complexity index is 666. The van der Waals surface area contributed by atoms with Crippen molar-refractivity contribution in [2.24, 2.45) is 0 Å². The molecule has 0 bridgehead atoms. The molecular weight excluding hydrogens is 376 g/mol. The van der Waals surface area contributed by atoms with Crippen LogP contribution in [0.25, 0.3) is 0 Å². The highest BCUT2D eigenvalue weighted by atomic mass is 16.5. The quantitative estimate of drug-likeness (QED) is 0.611. The van der Waals surface area contributed by atoms with Gasteiger partial charge in [0, 0.05) is 45.3 Å². The minimum atomic E-state index is -1.43. The van der Waals surface area contributed by atoms with E-state index in [1.54, 1.807) is 17.0 Å². The number of amides is 2. The molecule has 3 atom stereocenters. The Labute approximate surface area is 171 Å². The Morgan fingerprint density at radius 3 is 2.28 bits per heavy atom. The van der Waals surface area contributed by atoms with E-state index in [4.69, 9.17) is 4.74 Å². The number of carbonyl (C=O) groups excluding carboxylic acids is 2. The van der Waals surface area contributed by atoms with Gasteiger partial charge in [-0.3, -0.25) is 9.59 Å². The summed E-state index contributed by atoms with van der Waals surface area (Å²) in [6.45, 7) is 4.50. The monoisotopic (exact) mass is 408 g/mol. The highest BCUT2D eigenvalue weighted by molar-refractivity contribution is 5.94. The molecule has 29 heavy (non-hydrogen) atoms. The molecule has 1 aliphatic heterocycles. The van der Waals surface area contributed by atoms with Crippen molar-refractivity contribution in [3.63, 3.8) is 0 Å². The van der Waals surface area contributed by atoms with E-state index < -0.39 is 18.3 Å². The number of β-amino-alcohol motifs (C(OH)–C–C–N with tert-alkyl or cyclic N) is 1. The lowest BCUT2D eigenvalue weighted by Gasteiger charge is -2.31. The van der Waals surface area contributed by atoms with Gasteiger partial charge in [0.15, 0.2) is 0 Å². The van der Waals surface area contributed by atoms with Gasteiger partial charge in [-0.05, 0) is 31.9 Å². The number of hydrogen-bond acceptors (Lipinski definition) is 6. The predicted molar refractivity (Wildman–Crippen MR) is 107 cm³/mol. The zero-order valence-electron chi connectivity index (χ0n) is 17.2. The zero-order valence-corrected chi connectivity index (χ0v) is 17.2. The molecule has 8 heteroatoms.